The monoisotopic (exact) mass is 423 g/mol. The number of rotatable bonds is 5. The lowest BCUT2D eigenvalue weighted by molar-refractivity contribution is -0.143. The molecule has 0 aromatic heterocycles. The van der Waals surface area contributed by atoms with Gasteiger partial charge in [-0.25, -0.2) is 13.2 Å². The molecule has 9 nitrogen and oxygen atoms in total. The molecule has 10 heteroatoms. The van der Waals surface area contributed by atoms with E-state index in [-0.39, 0.29) is 5.56 Å². The lowest BCUT2D eigenvalue weighted by Gasteiger charge is -2.33. The average Bonchev–Trinajstić information content (AvgIpc) is 2.70. The van der Waals surface area contributed by atoms with E-state index in [1.54, 1.807) is 12.1 Å². The van der Waals surface area contributed by atoms with E-state index in [2.05, 4.69) is 0 Å². The van der Waals surface area contributed by atoms with E-state index in [0.717, 1.165) is 24.7 Å². The molecule has 1 aromatic carbocycles. The van der Waals surface area contributed by atoms with Gasteiger partial charge in [0.05, 0.1) is 17.5 Å². The topological polar surface area (TPSA) is 127 Å². The number of hydrogen-bond donors (Lipinski definition) is 1. The van der Waals surface area contributed by atoms with Crippen LogP contribution in [0.5, 0.6) is 0 Å². The third kappa shape index (κ3) is 4.69. The molecule has 1 aromatic rings. The molecule has 1 atom stereocenters. The van der Waals surface area contributed by atoms with Crippen molar-refractivity contribution in [1.29, 1.82) is 0 Å². The molecule has 1 fully saturated rings. The van der Waals surface area contributed by atoms with Crippen LogP contribution in [0.15, 0.2) is 18.2 Å². The number of amides is 2. The van der Waals surface area contributed by atoms with Gasteiger partial charge >= 0.3 is 5.97 Å². The number of nitrogens with two attached hydrogens (primary N) is 1. The fraction of sp³-hybridized carbons (Fsp3) is 0.526. The van der Waals surface area contributed by atoms with E-state index < -0.39 is 40.5 Å². The van der Waals surface area contributed by atoms with Gasteiger partial charge in [0.15, 0.2) is 6.61 Å². The van der Waals surface area contributed by atoms with Gasteiger partial charge < -0.3 is 15.4 Å². The zero-order valence-electron chi connectivity index (χ0n) is 16.3. The van der Waals surface area contributed by atoms with Crippen molar-refractivity contribution in [3.05, 3.63) is 29.3 Å². The Kier molecular flexibility index (Phi) is 6.11. The molecule has 2 heterocycles. The first-order valence-corrected chi connectivity index (χ1v) is 11.4. The largest absolute Gasteiger partial charge is 0.452 e. The summed E-state index contributed by atoms with van der Waals surface area (Å²) in [5.74, 6) is -1.69. The van der Waals surface area contributed by atoms with Crippen LogP contribution in [0.3, 0.4) is 0 Å². The molecule has 2 amide bonds. The Labute approximate surface area is 169 Å². The number of nitrogens with zero attached hydrogens (tertiary/aromatic N) is 2. The Bertz CT molecular complexity index is 930. The van der Waals surface area contributed by atoms with Crippen LogP contribution < -0.4 is 10.0 Å². The van der Waals surface area contributed by atoms with Crippen molar-refractivity contribution >= 4 is 33.5 Å². The normalized spacial score (nSPS) is 19.4. The minimum Gasteiger partial charge on any atom is -0.452 e. The van der Waals surface area contributed by atoms with Crippen molar-refractivity contribution in [2.24, 2.45) is 5.73 Å². The van der Waals surface area contributed by atoms with Crippen LogP contribution in [0.1, 0.15) is 41.6 Å². The number of piperidine rings is 1. The molecule has 2 aliphatic rings. The highest BCUT2D eigenvalue weighted by molar-refractivity contribution is 7.92. The second kappa shape index (κ2) is 8.40. The number of esters is 1. The predicted octanol–water partition coefficient (Wildman–Crippen LogP) is 0.422. The highest BCUT2D eigenvalue weighted by Gasteiger charge is 2.31. The van der Waals surface area contributed by atoms with Gasteiger partial charge in [-0.05, 0) is 55.9 Å². The molecule has 0 unspecified atom stereocenters. The van der Waals surface area contributed by atoms with Gasteiger partial charge in [0.1, 0.15) is 6.04 Å². The fourth-order valence-corrected chi connectivity index (χ4v) is 4.85. The van der Waals surface area contributed by atoms with Crippen molar-refractivity contribution in [2.75, 3.05) is 30.3 Å². The molecule has 0 bridgehead atoms. The van der Waals surface area contributed by atoms with Gasteiger partial charge in [0, 0.05) is 13.1 Å². The molecule has 0 aliphatic carbocycles. The Hall–Kier alpha value is -2.62. The molecule has 158 valence electrons. The van der Waals surface area contributed by atoms with E-state index in [4.69, 9.17) is 10.5 Å². The maximum atomic E-state index is 12.4. The second-order valence-electron chi connectivity index (χ2n) is 7.36. The molecule has 0 spiro atoms. The van der Waals surface area contributed by atoms with Crippen LogP contribution in [0.25, 0.3) is 0 Å². The standard InChI is InChI=1S/C19H25N3O6S/c1-29(26,27)22-10-4-5-13-11-14(7-8-15(13)22)19(25)28-12-17(23)21-9-3-2-6-16(21)18(20)24/h7-8,11,16H,2-6,9-10,12H2,1H3,(H2,20,24)/t16-/m1/s1. The molecule has 29 heavy (non-hydrogen) atoms. The minimum atomic E-state index is -3.39. The summed E-state index contributed by atoms with van der Waals surface area (Å²) >= 11 is 0. The number of ether oxygens (including phenoxy) is 1. The summed E-state index contributed by atoms with van der Waals surface area (Å²) in [6.07, 6.45) is 4.55. The van der Waals surface area contributed by atoms with Gasteiger partial charge in [-0.2, -0.15) is 0 Å². The molecule has 2 aliphatic heterocycles. The molecule has 0 radical (unpaired) electrons. The highest BCUT2D eigenvalue weighted by atomic mass is 32.2. The number of anilines is 1. The van der Waals surface area contributed by atoms with Crippen LogP contribution in [-0.4, -0.2) is 63.1 Å². The maximum absolute atomic E-state index is 12.4. The zero-order chi connectivity index (χ0) is 21.2. The summed E-state index contributed by atoms with van der Waals surface area (Å²) in [4.78, 5) is 37.7. The summed E-state index contributed by atoms with van der Waals surface area (Å²) in [7, 11) is -3.39. The van der Waals surface area contributed by atoms with E-state index in [0.29, 0.717) is 38.0 Å². The minimum absolute atomic E-state index is 0.247. The van der Waals surface area contributed by atoms with E-state index in [1.807, 2.05) is 0 Å². The molecule has 0 saturated carbocycles. The number of aryl methyl sites for hydroxylation is 1. The van der Waals surface area contributed by atoms with E-state index in [9.17, 15) is 22.8 Å². The number of carbonyl (C=O) groups is 3. The average molecular weight is 423 g/mol. The van der Waals surface area contributed by atoms with Crippen molar-refractivity contribution < 1.29 is 27.5 Å². The third-order valence-corrected chi connectivity index (χ3v) is 6.45. The quantitative estimate of drug-likeness (QED) is 0.684. The highest BCUT2D eigenvalue weighted by Crippen LogP contribution is 2.30. The summed E-state index contributed by atoms with van der Waals surface area (Å²) < 4.78 is 30.3. The number of benzene rings is 1. The van der Waals surface area contributed by atoms with Crippen LogP contribution in [0.2, 0.25) is 0 Å². The van der Waals surface area contributed by atoms with Gasteiger partial charge in [0.25, 0.3) is 5.91 Å². The van der Waals surface area contributed by atoms with Crippen LogP contribution in [0, 0.1) is 0 Å². The zero-order valence-corrected chi connectivity index (χ0v) is 17.1. The van der Waals surface area contributed by atoms with Gasteiger partial charge in [-0.3, -0.25) is 13.9 Å². The van der Waals surface area contributed by atoms with Crippen LogP contribution in [0.4, 0.5) is 5.69 Å². The lowest BCUT2D eigenvalue weighted by Crippen LogP contribution is -2.51. The number of hydrogen-bond acceptors (Lipinski definition) is 6. The van der Waals surface area contributed by atoms with Crippen molar-refractivity contribution in [3.8, 4) is 0 Å². The SMILES string of the molecule is CS(=O)(=O)N1CCCc2cc(C(=O)OCC(=O)N3CCCC[C@@H]3C(N)=O)ccc21. The lowest BCUT2D eigenvalue weighted by atomic mass is 10.0. The smallest absolute Gasteiger partial charge is 0.338 e. The Morgan fingerprint density at radius 3 is 2.62 bits per heavy atom. The molecule has 1 saturated heterocycles. The number of primary amides is 1. The summed E-state index contributed by atoms with van der Waals surface area (Å²) in [6, 6.07) is 4.01. The fourth-order valence-electron chi connectivity index (χ4n) is 3.85. The number of fused-ring (bicyclic) bond motifs is 1. The molecule has 3 rings (SSSR count). The first kappa shape index (κ1) is 21.1. The van der Waals surface area contributed by atoms with Gasteiger partial charge in [-0.15, -0.1) is 0 Å². The molecular formula is C19H25N3O6S. The Morgan fingerprint density at radius 1 is 1.17 bits per heavy atom. The Morgan fingerprint density at radius 2 is 1.93 bits per heavy atom. The van der Waals surface area contributed by atoms with Gasteiger partial charge in [-0.1, -0.05) is 0 Å². The number of sulfonamides is 1. The number of carbonyl (C=O) groups excluding carboxylic acids is 3. The van der Waals surface area contributed by atoms with Crippen LogP contribution in [-0.2, 0) is 30.8 Å². The summed E-state index contributed by atoms with van der Waals surface area (Å²) in [6.45, 7) is 0.334. The predicted molar refractivity (Wildman–Crippen MR) is 106 cm³/mol. The van der Waals surface area contributed by atoms with E-state index in [1.165, 1.54) is 15.3 Å². The second-order valence-corrected chi connectivity index (χ2v) is 9.27. The number of likely N-dealkylation sites (tertiary alicyclic amines) is 1. The van der Waals surface area contributed by atoms with Gasteiger partial charge in [0.2, 0.25) is 15.9 Å². The van der Waals surface area contributed by atoms with Crippen LogP contribution >= 0.6 is 0 Å². The maximum Gasteiger partial charge on any atom is 0.338 e. The van der Waals surface area contributed by atoms with Crippen molar-refractivity contribution in [2.45, 2.75) is 38.1 Å². The van der Waals surface area contributed by atoms with E-state index >= 15 is 0 Å². The summed E-state index contributed by atoms with van der Waals surface area (Å²) in [5, 5.41) is 0. The molecular weight excluding hydrogens is 398 g/mol. The first-order chi connectivity index (χ1) is 13.7. The van der Waals surface area contributed by atoms with Crippen molar-refractivity contribution in [3.63, 3.8) is 0 Å². The molecule has 2 N–H and O–H groups in total. The Balaban J connectivity index is 1.67. The van der Waals surface area contributed by atoms with Crippen molar-refractivity contribution in [1.82, 2.24) is 4.90 Å². The first-order valence-electron chi connectivity index (χ1n) is 9.55. The summed E-state index contributed by atoms with van der Waals surface area (Å²) in [5.41, 5.74) is 6.91. The third-order valence-electron chi connectivity index (χ3n) is 5.27.